The zero-order valence-corrected chi connectivity index (χ0v) is 11.2. The summed E-state index contributed by atoms with van der Waals surface area (Å²) in [6.07, 6.45) is 4.17. The molecule has 1 amide bonds. The number of amides is 1. The first kappa shape index (κ1) is 13.9. The molecule has 1 heterocycles. The van der Waals surface area contributed by atoms with E-state index in [-0.39, 0.29) is 5.91 Å². The van der Waals surface area contributed by atoms with Crippen LogP contribution in [0.15, 0.2) is 30.6 Å². The average molecular weight is 275 g/mol. The van der Waals surface area contributed by atoms with Crippen LogP contribution in [-0.4, -0.2) is 34.6 Å². The van der Waals surface area contributed by atoms with Crippen molar-refractivity contribution in [2.24, 2.45) is 0 Å². The van der Waals surface area contributed by atoms with E-state index in [0.29, 0.717) is 30.1 Å². The molecule has 0 aliphatic rings. The van der Waals surface area contributed by atoms with Gasteiger partial charge in [0.2, 0.25) is 0 Å². The Morgan fingerprint density at radius 1 is 1.50 bits per heavy atom. The number of aromatic nitrogens is 3. The molecule has 0 spiro atoms. The number of hydrogen-bond acceptors (Lipinski definition) is 5. The van der Waals surface area contributed by atoms with Gasteiger partial charge in [-0.25, -0.2) is 0 Å². The van der Waals surface area contributed by atoms with Crippen molar-refractivity contribution in [1.29, 1.82) is 0 Å². The number of rotatable bonds is 6. The van der Waals surface area contributed by atoms with Crippen molar-refractivity contribution in [2.75, 3.05) is 19.4 Å². The fourth-order valence-electron chi connectivity index (χ4n) is 1.76. The van der Waals surface area contributed by atoms with Crippen molar-refractivity contribution >= 4 is 11.6 Å². The predicted molar refractivity (Wildman–Crippen MR) is 74.4 cm³/mol. The highest BCUT2D eigenvalue weighted by Gasteiger charge is 2.09. The number of nitrogens with one attached hydrogen (secondary N) is 1. The van der Waals surface area contributed by atoms with Crippen LogP contribution in [-0.2, 0) is 6.54 Å². The third-order valence-corrected chi connectivity index (χ3v) is 2.82. The van der Waals surface area contributed by atoms with E-state index in [1.807, 2.05) is 0 Å². The summed E-state index contributed by atoms with van der Waals surface area (Å²) in [6.45, 7) is 1.25. The highest BCUT2D eigenvalue weighted by atomic mass is 16.5. The Bertz CT molecular complexity index is 568. The summed E-state index contributed by atoms with van der Waals surface area (Å²) in [4.78, 5) is 12.0. The van der Waals surface area contributed by atoms with Crippen molar-refractivity contribution in [3.8, 4) is 5.75 Å². The molecule has 0 radical (unpaired) electrons. The standard InChI is InChI=1S/C13H17N5O2/c1-20-10-3-4-11(12(14)9-10)13(19)15-5-2-7-18-8-6-16-17-18/h3-4,6,8-9H,2,5,7,14H2,1H3,(H,15,19). The summed E-state index contributed by atoms with van der Waals surface area (Å²) < 4.78 is 6.76. The van der Waals surface area contributed by atoms with Crippen molar-refractivity contribution < 1.29 is 9.53 Å². The first-order chi connectivity index (χ1) is 9.70. The maximum absolute atomic E-state index is 12.0. The van der Waals surface area contributed by atoms with Gasteiger partial charge in [0.05, 0.1) is 18.9 Å². The van der Waals surface area contributed by atoms with Crippen LogP contribution < -0.4 is 15.8 Å². The minimum Gasteiger partial charge on any atom is -0.497 e. The molecule has 0 saturated heterocycles. The Balaban J connectivity index is 1.82. The molecule has 106 valence electrons. The number of carbonyl (C=O) groups is 1. The zero-order chi connectivity index (χ0) is 14.4. The Hall–Kier alpha value is -2.57. The Morgan fingerprint density at radius 3 is 3.00 bits per heavy atom. The van der Waals surface area contributed by atoms with Gasteiger partial charge in [0.1, 0.15) is 5.75 Å². The first-order valence-corrected chi connectivity index (χ1v) is 6.26. The van der Waals surface area contributed by atoms with E-state index in [1.165, 1.54) is 0 Å². The lowest BCUT2D eigenvalue weighted by atomic mass is 10.1. The molecule has 2 rings (SSSR count). The van der Waals surface area contributed by atoms with Crippen LogP contribution in [0.3, 0.4) is 0 Å². The van der Waals surface area contributed by atoms with E-state index in [2.05, 4.69) is 15.6 Å². The second-order valence-corrected chi connectivity index (χ2v) is 4.23. The number of ether oxygens (including phenoxy) is 1. The van der Waals surface area contributed by atoms with E-state index >= 15 is 0 Å². The Kier molecular flexibility index (Phi) is 4.54. The molecule has 0 saturated carbocycles. The minimum atomic E-state index is -0.191. The molecule has 1 aromatic carbocycles. The van der Waals surface area contributed by atoms with Crippen LogP contribution in [0.4, 0.5) is 5.69 Å². The zero-order valence-electron chi connectivity index (χ0n) is 11.2. The molecule has 1 aromatic heterocycles. The fraction of sp³-hybridized carbons (Fsp3) is 0.308. The largest absolute Gasteiger partial charge is 0.497 e. The van der Waals surface area contributed by atoms with Crippen LogP contribution in [0, 0.1) is 0 Å². The summed E-state index contributed by atoms with van der Waals surface area (Å²) in [5.41, 5.74) is 6.67. The number of benzene rings is 1. The Morgan fingerprint density at radius 2 is 2.35 bits per heavy atom. The number of hydrogen-bond donors (Lipinski definition) is 2. The second-order valence-electron chi connectivity index (χ2n) is 4.23. The predicted octanol–water partition coefficient (Wildman–Crippen LogP) is 0.689. The molecule has 0 atom stereocenters. The molecule has 0 fully saturated rings. The number of anilines is 1. The third kappa shape index (κ3) is 3.47. The number of carbonyl (C=O) groups excluding carboxylic acids is 1. The molecule has 2 aromatic rings. The molecular weight excluding hydrogens is 258 g/mol. The molecule has 7 heteroatoms. The number of nitrogen functional groups attached to an aromatic ring is 1. The van der Waals surface area contributed by atoms with Gasteiger partial charge in [0, 0.05) is 31.0 Å². The van der Waals surface area contributed by atoms with E-state index in [4.69, 9.17) is 10.5 Å². The van der Waals surface area contributed by atoms with Crippen LogP contribution in [0.25, 0.3) is 0 Å². The van der Waals surface area contributed by atoms with E-state index in [1.54, 1.807) is 42.4 Å². The monoisotopic (exact) mass is 275 g/mol. The molecule has 3 N–H and O–H groups in total. The number of methoxy groups -OCH3 is 1. The van der Waals surface area contributed by atoms with Gasteiger partial charge >= 0.3 is 0 Å². The molecule has 0 bridgehead atoms. The smallest absolute Gasteiger partial charge is 0.253 e. The lowest BCUT2D eigenvalue weighted by molar-refractivity contribution is 0.0953. The van der Waals surface area contributed by atoms with Gasteiger partial charge in [-0.3, -0.25) is 9.48 Å². The van der Waals surface area contributed by atoms with Crippen molar-refractivity contribution in [3.05, 3.63) is 36.2 Å². The maximum atomic E-state index is 12.0. The highest BCUT2D eigenvalue weighted by molar-refractivity contribution is 5.99. The fourth-order valence-corrected chi connectivity index (χ4v) is 1.76. The van der Waals surface area contributed by atoms with Gasteiger partial charge in [-0.1, -0.05) is 5.21 Å². The third-order valence-electron chi connectivity index (χ3n) is 2.82. The SMILES string of the molecule is COc1ccc(C(=O)NCCCn2ccnn2)c(N)c1. The van der Waals surface area contributed by atoms with E-state index in [0.717, 1.165) is 6.42 Å². The molecule has 20 heavy (non-hydrogen) atoms. The van der Waals surface area contributed by atoms with Crippen LogP contribution >= 0.6 is 0 Å². The molecule has 0 unspecified atom stereocenters. The van der Waals surface area contributed by atoms with Crippen LogP contribution in [0.2, 0.25) is 0 Å². The minimum absolute atomic E-state index is 0.191. The summed E-state index contributed by atoms with van der Waals surface area (Å²) in [5, 5.41) is 10.4. The van der Waals surface area contributed by atoms with Crippen molar-refractivity contribution in [3.63, 3.8) is 0 Å². The highest BCUT2D eigenvalue weighted by Crippen LogP contribution is 2.19. The lowest BCUT2D eigenvalue weighted by Crippen LogP contribution is -2.26. The number of nitrogens with zero attached hydrogens (tertiary/aromatic N) is 3. The molecule has 0 aliphatic carbocycles. The average Bonchev–Trinajstić information content (AvgIpc) is 2.96. The number of aryl methyl sites for hydroxylation is 1. The summed E-state index contributed by atoms with van der Waals surface area (Å²) in [6, 6.07) is 4.99. The van der Waals surface area contributed by atoms with Gasteiger partial charge < -0.3 is 15.8 Å². The van der Waals surface area contributed by atoms with Gasteiger partial charge in [-0.2, -0.15) is 0 Å². The molecule has 0 aliphatic heterocycles. The van der Waals surface area contributed by atoms with E-state index in [9.17, 15) is 4.79 Å². The summed E-state index contributed by atoms with van der Waals surface area (Å²) >= 11 is 0. The first-order valence-electron chi connectivity index (χ1n) is 6.26. The van der Waals surface area contributed by atoms with Gasteiger partial charge in [-0.05, 0) is 18.6 Å². The topological polar surface area (TPSA) is 95.1 Å². The van der Waals surface area contributed by atoms with Crippen molar-refractivity contribution in [2.45, 2.75) is 13.0 Å². The van der Waals surface area contributed by atoms with Gasteiger partial charge in [0.15, 0.2) is 0 Å². The van der Waals surface area contributed by atoms with Crippen LogP contribution in [0.1, 0.15) is 16.8 Å². The van der Waals surface area contributed by atoms with Gasteiger partial charge in [-0.15, -0.1) is 5.10 Å². The summed E-state index contributed by atoms with van der Waals surface area (Å²) in [7, 11) is 1.55. The number of nitrogens with two attached hydrogens (primary N) is 1. The molecular formula is C13H17N5O2. The van der Waals surface area contributed by atoms with Gasteiger partial charge in [0.25, 0.3) is 5.91 Å². The molecule has 7 nitrogen and oxygen atoms in total. The quantitative estimate of drug-likeness (QED) is 0.597. The van der Waals surface area contributed by atoms with E-state index < -0.39 is 0 Å². The van der Waals surface area contributed by atoms with Crippen LogP contribution in [0.5, 0.6) is 5.75 Å². The lowest BCUT2D eigenvalue weighted by Gasteiger charge is -2.09. The van der Waals surface area contributed by atoms with Crippen molar-refractivity contribution in [1.82, 2.24) is 20.3 Å². The Labute approximate surface area is 116 Å². The second kappa shape index (κ2) is 6.55. The normalized spacial score (nSPS) is 10.2. The summed E-state index contributed by atoms with van der Waals surface area (Å²) in [5.74, 6) is 0.439. The maximum Gasteiger partial charge on any atom is 0.253 e.